The molecular formula is C14H17N3O3S. The number of amides is 2. The second-order valence-corrected chi connectivity index (χ2v) is 5.74. The molecule has 0 radical (unpaired) electrons. The van der Waals surface area contributed by atoms with Crippen LogP contribution in [0.15, 0.2) is 24.3 Å². The van der Waals surface area contributed by atoms with Crippen molar-refractivity contribution in [1.82, 2.24) is 15.2 Å². The van der Waals surface area contributed by atoms with Gasteiger partial charge in [-0.3, -0.25) is 4.79 Å². The second-order valence-electron chi connectivity index (χ2n) is 4.68. The van der Waals surface area contributed by atoms with Crippen molar-refractivity contribution in [3.63, 3.8) is 0 Å². The van der Waals surface area contributed by atoms with E-state index in [1.54, 1.807) is 18.4 Å². The smallest absolute Gasteiger partial charge is 0.317 e. The summed E-state index contributed by atoms with van der Waals surface area (Å²) in [5, 5.41) is 12.0. The fraction of sp³-hybridized carbons (Fsp3) is 0.357. The summed E-state index contributed by atoms with van der Waals surface area (Å²) in [4.78, 5) is 28.4. The van der Waals surface area contributed by atoms with Gasteiger partial charge in [0.1, 0.15) is 5.01 Å². The van der Waals surface area contributed by atoms with Crippen LogP contribution in [0.3, 0.4) is 0 Å². The highest BCUT2D eigenvalue weighted by atomic mass is 32.1. The number of carbonyl (C=O) groups is 2. The summed E-state index contributed by atoms with van der Waals surface area (Å²) in [6.07, 6.45) is -0.0882. The Hall–Kier alpha value is -2.15. The van der Waals surface area contributed by atoms with Crippen molar-refractivity contribution < 1.29 is 14.7 Å². The van der Waals surface area contributed by atoms with Gasteiger partial charge in [-0.05, 0) is 19.1 Å². The third-order valence-electron chi connectivity index (χ3n) is 3.18. The summed E-state index contributed by atoms with van der Waals surface area (Å²) in [5.74, 6) is -0.933. The normalized spacial score (nSPS) is 12.1. The molecule has 21 heavy (non-hydrogen) atoms. The number of aliphatic carboxylic acids is 1. The standard InChI is InChI=1S/C14H17N3O3S/c1-9(17(2)14(20)15-8-7-12(18)19)13-16-10-5-3-4-6-11(10)21-13/h3-6,9H,7-8H2,1-2H3,(H,15,20)(H,18,19). The van der Waals surface area contributed by atoms with E-state index in [1.165, 1.54) is 4.90 Å². The zero-order chi connectivity index (χ0) is 15.4. The average Bonchev–Trinajstić information content (AvgIpc) is 2.89. The highest BCUT2D eigenvalue weighted by Crippen LogP contribution is 2.28. The van der Waals surface area contributed by atoms with E-state index < -0.39 is 5.97 Å². The number of urea groups is 1. The van der Waals surface area contributed by atoms with Crippen molar-refractivity contribution in [2.24, 2.45) is 0 Å². The molecule has 1 atom stereocenters. The van der Waals surface area contributed by atoms with Crippen molar-refractivity contribution in [3.05, 3.63) is 29.3 Å². The monoisotopic (exact) mass is 307 g/mol. The Morgan fingerprint density at radius 1 is 1.43 bits per heavy atom. The number of fused-ring (bicyclic) bond motifs is 1. The van der Waals surface area contributed by atoms with E-state index in [0.717, 1.165) is 15.2 Å². The van der Waals surface area contributed by atoms with Crippen molar-refractivity contribution in [2.45, 2.75) is 19.4 Å². The van der Waals surface area contributed by atoms with Crippen LogP contribution in [0, 0.1) is 0 Å². The second kappa shape index (κ2) is 6.53. The van der Waals surface area contributed by atoms with Gasteiger partial charge in [0.15, 0.2) is 0 Å². The van der Waals surface area contributed by atoms with Gasteiger partial charge >= 0.3 is 12.0 Å². The fourth-order valence-corrected chi connectivity index (χ4v) is 2.87. The summed E-state index contributed by atoms with van der Waals surface area (Å²) in [6.45, 7) is 2.01. The lowest BCUT2D eigenvalue weighted by atomic mass is 10.3. The van der Waals surface area contributed by atoms with E-state index in [0.29, 0.717) is 0 Å². The van der Waals surface area contributed by atoms with Gasteiger partial charge in [-0.2, -0.15) is 0 Å². The molecule has 7 heteroatoms. The molecule has 0 aliphatic rings. The van der Waals surface area contributed by atoms with E-state index in [1.807, 2.05) is 31.2 Å². The molecule has 0 aliphatic heterocycles. The van der Waals surface area contributed by atoms with Crippen LogP contribution in [0.5, 0.6) is 0 Å². The van der Waals surface area contributed by atoms with Crippen molar-refractivity contribution >= 4 is 33.6 Å². The van der Waals surface area contributed by atoms with Crippen molar-refractivity contribution in [3.8, 4) is 0 Å². The van der Waals surface area contributed by atoms with Crippen LogP contribution in [-0.2, 0) is 4.79 Å². The zero-order valence-electron chi connectivity index (χ0n) is 11.9. The molecule has 0 bridgehead atoms. The SMILES string of the molecule is CC(c1nc2ccccc2s1)N(C)C(=O)NCCC(=O)O. The van der Waals surface area contributed by atoms with Gasteiger partial charge in [-0.25, -0.2) is 9.78 Å². The van der Waals surface area contributed by atoms with Crippen LogP contribution in [-0.4, -0.2) is 40.6 Å². The Labute approximate surface area is 126 Å². The first-order valence-corrected chi connectivity index (χ1v) is 7.38. The van der Waals surface area contributed by atoms with Crippen LogP contribution >= 0.6 is 11.3 Å². The summed E-state index contributed by atoms with van der Waals surface area (Å²) >= 11 is 1.55. The van der Waals surface area contributed by atoms with E-state index in [4.69, 9.17) is 5.11 Å². The molecule has 2 amide bonds. The first kappa shape index (κ1) is 15.2. The lowest BCUT2D eigenvalue weighted by Gasteiger charge is -2.23. The van der Waals surface area contributed by atoms with Crippen molar-refractivity contribution in [2.75, 3.05) is 13.6 Å². The minimum atomic E-state index is -0.933. The quantitative estimate of drug-likeness (QED) is 0.889. The minimum absolute atomic E-state index is 0.0882. The first-order chi connectivity index (χ1) is 9.99. The molecule has 0 saturated carbocycles. The molecule has 1 unspecified atom stereocenters. The number of hydrogen-bond acceptors (Lipinski definition) is 4. The number of aromatic nitrogens is 1. The molecular weight excluding hydrogens is 290 g/mol. The highest BCUT2D eigenvalue weighted by molar-refractivity contribution is 7.18. The summed E-state index contributed by atoms with van der Waals surface area (Å²) < 4.78 is 1.08. The van der Waals surface area contributed by atoms with Crippen LogP contribution in [0.2, 0.25) is 0 Å². The predicted molar refractivity (Wildman–Crippen MR) is 81.4 cm³/mol. The molecule has 1 aromatic carbocycles. The summed E-state index contributed by atoms with van der Waals surface area (Å²) in [5.41, 5.74) is 0.920. The molecule has 1 aromatic heterocycles. The number of nitrogens with zero attached hydrogens (tertiary/aromatic N) is 2. The maximum atomic E-state index is 12.0. The van der Waals surface area contributed by atoms with E-state index >= 15 is 0 Å². The Morgan fingerprint density at radius 2 is 2.14 bits per heavy atom. The van der Waals surface area contributed by atoms with E-state index in [9.17, 15) is 9.59 Å². The van der Waals surface area contributed by atoms with Gasteiger partial charge in [0.25, 0.3) is 0 Å². The molecule has 0 aliphatic carbocycles. The Kier molecular flexibility index (Phi) is 4.74. The number of benzene rings is 1. The molecule has 2 aromatic rings. The molecule has 6 nitrogen and oxygen atoms in total. The molecule has 0 saturated heterocycles. The number of thiazole rings is 1. The van der Waals surface area contributed by atoms with Gasteiger partial charge in [-0.1, -0.05) is 12.1 Å². The Morgan fingerprint density at radius 3 is 2.81 bits per heavy atom. The third kappa shape index (κ3) is 3.69. The van der Waals surface area contributed by atoms with Crippen LogP contribution in [0.25, 0.3) is 10.2 Å². The highest BCUT2D eigenvalue weighted by Gasteiger charge is 2.20. The molecule has 2 N–H and O–H groups in total. The minimum Gasteiger partial charge on any atom is -0.481 e. The first-order valence-electron chi connectivity index (χ1n) is 6.57. The summed E-state index contributed by atoms with van der Waals surface area (Å²) in [6, 6.07) is 7.34. The number of carbonyl (C=O) groups excluding carboxylic acids is 1. The molecule has 2 rings (SSSR count). The lowest BCUT2D eigenvalue weighted by Crippen LogP contribution is -2.39. The van der Waals surface area contributed by atoms with Gasteiger partial charge in [-0.15, -0.1) is 11.3 Å². The topological polar surface area (TPSA) is 82.5 Å². The number of para-hydroxylation sites is 1. The number of hydrogen-bond donors (Lipinski definition) is 2. The lowest BCUT2D eigenvalue weighted by molar-refractivity contribution is -0.136. The third-order valence-corrected chi connectivity index (χ3v) is 4.39. The van der Waals surface area contributed by atoms with Crippen molar-refractivity contribution in [1.29, 1.82) is 0 Å². The van der Waals surface area contributed by atoms with Gasteiger partial charge < -0.3 is 15.3 Å². The largest absolute Gasteiger partial charge is 0.481 e. The maximum absolute atomic E-state index is 12.0. The summed E-state index contributed by atoms with van der Waals surface area (Å²) in [7, 11) is 1.67. The van der Waals surface area contributed by atoms with Crippen LogP contribution in [0.4, 0.5) is 4.79 Å². The van der Waals surface area contributed by atoms with E-state index in [-0.39, 0.29) is 25.0 Å². The fourth-order valence-electron chi connectivity index (χ4n) is 1.81. The Balaban J connectivity index is 2.02. The average molecular weight is 307 g/mol. The van der Waals surface area contributed by atoms with E-state index in [2.05, 4.69) is 10.3 Å². The molecule has 112 valence electrons. The molecule has 1 heterocycles. The zero-order valence-corrected chi connectivity index (χ0v) is 12.7. The number of carboxylic acids is 1. The molecule has 0 fully saturated rings. The van der Waals surface area contributed by atoms with Gasteiger partial charge in [0.2, 0.25) is 0 Å². The number of nitrogens with one attached hydrogen (secondary N) is 1. The van der Waals surface area contributed by atoms with Crippen LogP contribution < -0.4 is 5.32 Å². The number of rotatable bonds is 5. The maximum Gasteiger partial charge on any atom is 0.317 e. The van der Waals surface area contributed by atoms with Gasteiger partial charge in [0, 0.05) is 13.6 Å². The van der Waals surface area contributed by atoms with Gasteiger partial charge in [0.05, 0.1) is 22.7 Å². The van der Waals surface area contributed by atoms with Crippen LogP contribution in [0.1, 0.15) is 24.4 Å². The Bertz CT molecular complexity index is 623. The predicted octanol–water partition coefficient (Wildman–Crippen LogP) is 2.47. The molecule has 0 spiro atoms. The number of carboxylic acid groups (broad SMARTS) is 1.